The van der Waals surface area contributed by atoms with Crippen molar-refractivity contribution in [1.29, 1.82) is 0 Å². The van der Waals surface area contributed by atoms with Crippen molar-refractivity contribution >= 4 is 5.78 Å². The molecule has 1 saturated heterocycles. The molecule has 0 unspecified atom stereocenters. The molecule has 0 atom stereocenters. The van der Waals surface area contributed by atoms with Gasteiger partial charge < -0.3 is 0 Å². The van der Waals surface area contributed by atoms with Crippen LogP contribution in [0.5, 0.6) is 0 Å². The van der Waals surface area contributed by atoms with E-state index in [0.29, 0.717) is 18.5 Å². The smallest absolute Gasteiger partial charge is 0.152 e. The molecule has 0 aliphatic carbocycles. The lowest BCUT2D eigenvalue weighted by Crippen LogP contribution is -2.53. The first-order valence-electron chi connectivity index (χ1n) is 6.03. The second-order valence-corrected chi connectivity index (χ2v) is 5.10. The van der Waals surface area contributed by atoms with Crippen molar-refractivity contribution in [2.75, 3.05) is 6.54 Å². The Morgan fingerprint density at radius 2 is 2.06 bits per heavy atom. The fourth-order valence-electron chi connectivity index (χ4n) is 2.30. The molecule has 1 aromatic carbocycles. The standard InChI is InChI=1S/C14H18FNO/c1-14(2)13(17)8-5-9-16(14)10-11-6-3-4-7-12(11)15/h3-4,6-7H,5,8-10H2,1-2H3. The van der Waals surface area contributed by atoms with Gasteiger partial charge >= 0.3 is 0 Å². The fraction of sp³-hybridized carbons (Fsp3) is 0.500. The molecule has 1 heterocycles. The predicted octanol–water partition coefficient (Wildman–Crippen LogP) is 2.77. The highest BCUT2D eigenvalue weighted by molar-refractivity contribution is 5.88. The van der Waals surface area contributed by atoms with Crippen LogP contribution in [0, 0.1) is 5.82 Å². The summed E-state index contributed by atoms with van der Waals surface area (Å²) in [5.41, 5.74) is 0.191. The molecule has 0 spiro atoms. The number of hydrogen-bond acceptors (Lipinski definition) is 2. The molecule has 2 rings (SSSR count). The minimum atomic E-state index is -0.472. The number of hydrogen-bond donors (Lipinski definition) is 0. The highest BCUT2D eigenvalue weighted by Gasteiger charge is 2.37. The van der Waals surface area contributed by atoms with E-state index in [2.05, 4.69) is 4.90 Å². The van der Waals surface area contributed by atoms with E-state index in [4.69, 9.17) is 0 Å². The molecule has 0 saturated carbocycles. The molecule has 1 aliphatic rings. The van der Waals surface area contributed by atoms with Gasteiger partial charge in [-0.2, -0.15) is 0 Å². The van der Waals surface area contributed by atoms with Gasteiger partial charge in [0, 0.05) is 18.5 Å². The summed E-state index contributed by atoms with van der Waals surface area (Å²) in [5, 5.41) is 0. The lowest BCUT2D eigenvalue weighted by atomic mass is 9.88. The number of halogens is 1. The maximum Gasteiger partial charge on any atom is 0.152 e. The Hall–Kier alpha value is -1.22. The Morgan fingerprint density at radius 1 is 1.35 bits per heavy atom. The van der Waals surface area contributed by atoms with E-state index in [1.54, 1.807) is 12.1 Å². The monoisotopic (exact) mass is 235 g/mol. The summed E-state index contributed by atoms with van der Waals surface area (Å²) < 4.78 is 13.6. The zero-order valence-corrected chi connectivity index (χ0v) is 10.4. The number of likely N-dealkylation sites (tertiary alicyclic amines) is 1. The Morgan fingerprint density at radius 3 is 2.76 bits per heavy atom. The molecule has 17 heavy (non-hydrogen) atoms. The summed E-state index contributed by atoms with van der Waals surface area (Å²) in [6.07, 6.45) is 1.51. The van der Waals surface area contributed by atoms with Gasteiger partial charge in [0.2, 0.25) is 0 Å². The van der Waals surface area contributed by atoms with E-state index in [0.717, 1.165) is 13.0 Å². The molecular formula is C14H18FNO. The second-order valence-electron chi connectivity index (χ2n) is 5.10. The van der Waals surface area contributed by atoms with Crippen LogP contribution in [0.15, 0.2) is 24.3 Å². The molecule has 1 aromatic rings. The number of carbonyl (C=O) groups is 1. The lowest BCUT2D eigenvalue weighted by molar-refractivity contribution is -0.133. The Kier molecular flexibility index (Phi) is 3.29. The van der Waals surface area contributed by atoms with Gasteiger partial charge in [-0.15, -0.1) is 0 Å². The average molecular weight is 235 g/mol. The van der Waals surface area contributed by atoms with Crippen LogP contribution in [0.1, 0.15) is 32.3 Å². The molecule has 2 nitrogen and oxygen atoms in total. The first kappa shape index (κ1) is 12.2. The van der Waals surface area contributed by atoms with Crippen LogP contribution in [-0.2, 0) is 11.3 Å². The molecular weight excluding hydrogens is 217 g/mol. The zero-order valence-electron chi connectivity index (χ0n) is 10.4. The summed E-state index contributed by atoms with van der Waals surface area (Å²) >= 11 is 0. The molecule has 0 bridgehead atoms. The van der Waals surface area contributed by atoms with Crippen molar-refractivity contribution in [3.63, 3.8) is 0 Å². The minimum absolute atomic E-state index is 0.193. The predicted molar refractivity (Wildman–Crippen MR) is 65.1 cm³/mol. The minimum Gasteiger partial charge on any atom is -0.298 e. The maximum atomic E-state index is 13.6. The van der Waals surface area contributed by atoms with Gasteiger partial charge in [-0.3, -0.25) is 9.69 Å². The van der Waals surface area contributed by atoms with E-state index in [1.807, 2.05) is 19.9 Å². The van der Waals surface area contributed by atoms with Crippen molar-refractivity contribution in [1.82, 2.24) is 4.90 Å². The van der Waals surface area contributed by atoms with Gasteiger partial charge in [0.15, 0.2) is 5.78 Å². The summed E-state index contributed by atoms with van der Waals surface area (Å²) in [7, 11) is 0. The maximum absolute atomic E-state index is 13.6. The van der Waals surface area contributed by atoms with E-state index in [1.165, 1.54) is 6.07 Å². The summed E-state index contributed by atoms with van der Waals surface area (Å²) in [6, 6.07) is 6.76. The summed E-state index contributed by atoms with van der Waals surface area (Å²) in [6.45, 7) is 5.21. The number of rotatable bonds is 2. The van der Waals surface area contributed by atoms with Crippen molar-refractivity contribution in [3.05, 3.63) is 35.6 Å². The third-order valence-electron chi connectivity index (χ3n) is 3.62. The number of nitrogens with zero attached hydrogens (tertiary/aromatic N) is 1. The molecule has 3 heteroatoms. The van der Waals surface area contributed by atoms with Crippen LogP contribution >= 0.6 is 0 Å². The van der Waals surface area contributed by atoms with E-state index in [9.17, 15) is 9.18 Å². The number of carbonyl (C=O) groups excluding carboxylic acids is 1. The van der Waals surface area contributed by atoms with Crippen molar-refractivity contribution in [3.8, 4) is 0 Å². The van der Waals surface area contributed by atoms with Gasteiger partial charge in [-0.05, 0) is 32.9 Å². The summed E-state index contributed by atoms with van der Waals surface area (Å²) in [5.74, 6) is 0.0569. The van der Waals surface area contributed by atoms with Gasteiger partial charge in [0.05, 0.1) is 5.54 Å². The Bertz CT molecular complexity index is 428. The third kappa shape index (κ3) is 2.39. The van der Waals surface area contributed by atoms with Crippen LogP contribution < -0.4 is 0 Å². The highest BCUT2D eigenvalue weighted by Crippen LogP contribution is 2.26. The van der Waals surface area contributed by atoms with Gasteiger partial charge in [-0.1, -0.05) is 18.2 Å². The molecule has 0 N–H and O–H groups in total. The van der Waals surface area contributed by atoms with Crippen molar-refractivity contribution in [2.45, 2.75) is 38.8 Å². The van der Waals surface area contributed by atoms with Crippen LogP contribution in [-0.4, -0.2) is 22.8 Å². The van der Waals surface area contributed by atoms with Gasteiger partial charge in [-0.25, -0.2) is 4.39 Å². The Labute approximate surface area is 101 Å². The third-order valence-corrected chi connectivity index (χ3v) is 3.62. The first-order chi connectivity index (χ1) is 8.01. The molecule has 92 valence electrons. The van der Waals surface area contributed by atoms with E-state index in [-0.39, 0.29) is 11.6 Å². The van der Waals surface area contributed by atoms with Crippen molar-refractivity contribution in [2.24, 2.45) is 0 Å². The van der Waals surface area contributed by atoms with Crippen LogP contribution in [0.25, 0.3) is 0 Å². The largest absolute Gasteiger partial charge is 0.298 e. The molecule has 0 aromatic heterocycles. The number of piperidine rings is 1. The topological polar surface area (TPSA) is 20.3 Å². The first-order valence-corrected chi connectivity index (χ1v) is 6.03. The van der Waals surface area contributed by atoms with Gasteiger partial charge in [0.1, 0.15) is 5.82 Å². The lowest BCUT2D eigenvalue weighted by Gasteiger charge is -2.41. The Balaban J connectivity index is 2.18. The van der Waals surface area contributed by atoms with Crippen molar-refractivity contribution < 1.29 is 9.18 Å². The number of Topliss-reactive ketones (excluding diaryl/α,β-unsaturated/α-hetero) is 1. The average Bonchev–Trinajstić information content (AvgIpc) is 2.28. The second kappa shape index (κ2) is 4.57. The molecule has 1 aliphatic heterocycles. The summed E-state index contributed by atoms with van der Waals surface area (Å²) in [4.78, 5) is 13.9. The molecule has 0 radical (unpaired) electrons. The number of ketones is 1. The zero-order chi connectivity index (χ0) is 12.5. The number of benzene rings is 1. The normalized spacial score (nSPS) is 20.5. The van der Waals surface area contributed by atoms with E-state index < -0.39 is 5.54 Å². The van der Waals surface area contributed by atoms with E-state index >= 15 is 0 Å². The van der Waals surface area contributed by atoms with Gasteiger partial charge in [0.25, 0.3) is 0 Å². The van der Waals surface area contributed by atoms with Crippen LogP contribution in [0.3, 0.4) is 0 Å². The SMILES string of the molecule is CC1(C)C(=O)CCCN1Cc1ccccc1F. The quantitative estimate of drug-likeness (QED) is 0.785. The highest BCUT2D eigenvalue weighted by atomic mass is 19.1. The van der Waals surface area contributed by atoms with Crippen LogP contribution in [0.2, 0.25) is 0 Å². The van der Waals surface area contributed by atoms with Crippen LogP contribution in [0.4, 0.5) is 4.39 Å². The fourth-order valence-corrected chi connectivity index (χ4v) is 2.30. The molecule has 1 fully saturated rings. The molecule has 0 amide bonds.